The molecule has 0 aliphatic heterocycles. The van der Waals surface area contributed by atoms with E-state index in [1.807, 2.05) is 0 Å². The summed E-state index contributed by atoms with van der Waals surface area (Å²) in [6, 6.07) is 10.4. The van der Waals surface area contributed by atoms with E-state index in [1.165, 1.54) is 23.1 Å². The number of benzene rings is 2. The number of rotatable bonds is 3. The third kappa shape index (κ3) is 2.74. The molecule has 19 heavy (non-hydrogen) atoms. The average Bonchev–Trinajstić information content (AvgIpc) is 2.37. The lowest BCUT2D eigenvalue weighted by molar-refractivity contribution is 0.199. The lowest BCUT2D eigenvalue weighted by atomic mass is 10.1. The van der Waals surface area contributed by atoms with Crippen molar-refractivity contribution < 1.29 is 13.9 Å². The van der Waals surface area contributed by atoms with Gasteiger partial charge in [0.2, 0.25) is 0 Å². The molecule has 2 aromatic carbocycles. The van der Waals surface area contributed by atoms with Crippen LogP contribution >= 0.6 is 0 Å². The van der Waals surface area contributed by atoms with Gasteiger partial charge in [-0.05, 0) is 31.2 Å². The molecule has 0 bridgehead atoms. The van der Waals surface area contributed by atoms with Crippen LogP contribution in [0.2, 0.25) is 0 Å². The molecule has 2 aromatic rings. The first kappa shape index (κ1) is 13.5. The lowest BCUT2D eigenvalue weighted by Gasteiger charge is -2.24. The predicted molar refractivity (Wildman–Crippen MR) is 71.5 cm³/mol. The van der Waals surface area contributed by atoms with Gasteiger partial charge in [-0.25, -0.2) is 8.78 Å². The summed E-state index contributed by atoms with van der Waals surface area (Å²) >= 11 is 0. The molecule has 0 saturated heterocycles. The highest BCUT2D eigenvalue weighted by atomic mass is 19.1. The van der Waals surface area contributed by atoms with Crippen LogP contribution in [0.3, 0.4) is 0 Å². The SMILES string of the molecule is C[C@@H](O)c1cccc(F)c1N(C)c1cccc(F)c1. The molecule has 0 spiro atoms. The first-order valence-corrected chi connectivity index (χ1v) is 5.96. The van der Waals surface area contributed by atoms with Crippen molar-refractivity contribution in [2.45, 2.75) is 13.0 Å². The lowest BCUT2D eigenvalue weighted by Crippen LogP contribution is -2.15. The number of anilines is 2. The smallest absolute Gasteiger partial charge is 0.147 e. The number of halogens is 2. The molecule has 2 nitrogen and oxygen atoms in total. The van der Waals surface area contributed by atoms with Crippen LogP contribution in [0.15, 0.2) is 42.5 Å². The average molecular weight is 263 g/mol. The fourth-order valence-corrected chi connectivity index (χ4v) is 2.04. The van der Waals surface area contributed by atoms with Gasteiger partial charge < -0.3 is 10.0 Å². The van der Waals surface area contributed by atoms with Crippen molar-refractivity contribution in [1.29, 1.82) is 0 Å². The summed E-state index contributed by atoms with van der Waals surface area (Å²) in [7, 11) is 1.64. The molecule has 1 atom stereocenters. The van der Waals surface area contributed by atoms with Crippen LogP contribution in [0.5, 0.6) is 0 Å². The summed E-state index contributed by atoms with van der Waals surface area (Å²) in [6.45, 7) is 1.57. The molecule has 0 unspecified atom stereocenters. The van der Waals surface area contributed by atoms with Crippen molar-refractivity contribution in [3.8, 4) is 0 Å². The van der Waals surface area contributed by atoms with E-state index in [9.17, 15) is 13.9 Å². The van der Waals surface area contributed by atoms with Gasteiger partial charge in [0.15, 0.2) is 0 Å². The number of hydrogen-bond donors (Lipinski definition) is 1. The van der Waals surface area contributed by atoms with E-state index in [1.54, 1.807) is 38.2 Å². The highest BCUT2D eigenvalue weighted by molar-refractivity contribution is 5.66. The molecule has 0 radical (unpaired) electrons. The largest absolute Gasteiger partial charge is 0.389 e. The van der Waals surface area contributed by atoms with Crippen LogP contribution in [-0.4, -0.2) is 12.2 Å². The summed E-state index contributed by atoms with van der Waals surface area (Å²) < 4.78 is 27.2. The maximum atomic E-state index is 14.0. The Balaban J connectivity index is 2.52. The third-order valence-electron chi connectivity index (χ3n) is 3.00. The summed E-state index contributed by atoms with van der Waals surface area (Å²) in [6.07, 6.45) is -0.804. The van der Waals surface area contributed by atoms with Crippen LogP contribution < -0.4 is 4.90 Å². The second-order valence-electron chi connectivity index (χ2n) is 4.39. The van der Waals surface area contributed by atoms with Gasteiger partial charge in [0, 0.05) is 18.3 Å². The van der Waals surface area contributed by atoms with E-state index in [4.69, 9.17) is 0 Å². The maximum absolute atomic E-state index is 14.0. The third-order valence-corrected chi connectivity index (χ3v) is 3.00. The van der Waals surface area contributed by atoms with Crippen molar-refractivity contribution >= 4 is 11.4 Å². The van der Waals surface area contributed by atoms with E-state index in [-0.39, 0.29) is 11.5 Å². The quantitative estimate of drug-likeness (QED) is 0.910. The second kappa shape index (κ2) is 5.36. The van der Waals surface area contributed by atoms with Crippen molar-refractivity contribution in [1.82, 2.24) is 0 Å². The van der Waals surface area contributed by atoms with Gasteiger partial charge in [0.05, 0.1) is 11.8 Å². The van der Waals surface area contributed by atoms with Gasteiger partial charge in [-0.3, -0.25) is 0 Å². The molecular weight excluding hydrogens is 248 g/mol. The van der Waals surface area contributed by atoms with Crippen molar-refractivity contribution in [3.63, 3.8) is 0 Å². The highest BCUT2D eigenvalue weighted by Gasteiger charge is 2.17. The maximum Gasteiger partial charge on any atom is 0.147 e. The van der Waals surface area contributed by atoms with Gasteiger partial charge in [-0.2, -0.15) is 0 Å². The summed E-state index contributed by atoms with van der Waals surface area (Å²) in [5.41, 5.74) is 1.24. The molecule has 0 fully saturated rings. The predicted octanol–water partition coefficient (Wildman–Crippen LogP) is 3.79. The number of aliphatic hydroxyl groups is 1. The van der Waals surface area contributed by atoms with Gasteiger partial charge in [0.25, 0.3) is 0 Å². The number of para-hydroxylation sites is 1. The molecule has 0 aliphatic carbocycles. The summed E-state index contributed by atoms with van der Waals surface area (Å²) in [5.74, 6) is -0.843. The minimum absolute atomic E-state index is 0.253. The Labute approximate surface area is 110 Å². The Morgan fingerprint density at radius 2 is 1.79 bits per heavy atom. The van der Waals surface area contributed by atoms with Crippen LogP contribution in [0.1, 0.15) is 18.6 Å². The van der Waals surface area contributed by atoms with Crippen molar-refractivity contribution in [2.24, 2.45) is 0 Å². The molecule has 0 aromatic heterocycles. The number of aliphatic hydroxyl groups excluding tert-OH is 1. The Morgan fingerprint density at radius 3 is 2.42 bits per heavy atom. The molecule has 0 heterocycles. The molecule has 0 aliphatic rings. The van der Waals surface area contributed by atoms with Gasteiger partial charge in [0.1, 0.15) is 11.6 Å². The molecular formula is C15H15F2NO. The number of nitrogens with zero attached hydrogens (tertiary/aromatic N) is 1. The van der Waals surface area contributed by atoms with Crippen LogP contribution in [-0.2, 0) is 0 Å². The second-order valence-corrected chi connectivity index (χ2v) is 4.39. The zero-order valence-electron chi connectivity index (χ0n) is 10.8. The van der Waals surface area contributed by atoms with Crippen LogP contribution in [0.25, 0.3) is 0 Å². The minimum atomic E-state index is -0.804. The van der Waals surface area contributed by atoms with Crippen molar-refractivity contribution in [2.75, 3.05) is 11.9 Å². The van der Waals surface area contributed by atoms with Gasteiger partial charge in [-0.1, -0.05) is 18.2 Å². The Morgan fingerprint density at radius 1 is 1.11 bits per heavy atom. The molecule has 2 rings (SSSR count). The summed E-state index contributed by atoms with van der Waals surface area (Å²) in [4.78, 5) is 1.53. The first-order chi connectivity index (χ1) is 9.00. The molecule has 4 heteroatoms. The highest BCUT2D eigenvalue weighted by Crippen LogP contribution is 2.33. The van der Waals surface area contributed by atoms with Gasteiger partial charge in [-0.15, -0.1) is 0 Å². The van der Waals surface area contributed by atoms with E-state index in [0.717, 1.165) is 0 Å². The van der Waals surface area contributed by atoms with Crippen molar-refractivity contribution in [3.05, 3.63) is 59.7 Å². The van der Waals surface area contributed by atoms with Crippen LogP contribution in [0, 0.1) is 11.6 Å². The molecule has 1 N–H and O–H groups in total. The zero-order chi connectivity index (χ0) is 14.0. The molecule has 100 valence electrons. The fraction of sp³-hybridized carbons (Fsp3) is 0.200. The monoisotopic (exact) mass is 263 g/mol. The zero-order valence-corrected chi connectivity index (χ0v) is 10.8. The van der Waals surface area contributed by atoms with E-state index < -0.39 is 11.9 Å². The van der Waals surface area contributed by atoms with E-state index in [0.29, 0.717) is 11.3 Å². The Kier molecular flexibility index (Phi) is 3.81. The summed E-state index contributed by atoms with van der Waals surface area (Å²) in [5, 5.41) is 9.71. The standard InChI is InChI=1S/C15H15F2NO/c1-10(19)13-7-4-8-14(17)15(13)18(2)12-6-3-5-11(16)9-12/h3-10,19H,1-2H3/t10-/m1/s1. The van der Waals surface area contributed by atoms with Crippen LogP contribution in [0.4, 0.5) is 20.2 Å². The Hall–Kier alpha value is -1.94. The first-order valence-electron chi connectivity index (χ1n) is 5.96. The van der Waals surface area contributed by atoms with E-state index in [2.05, 4.69) is 0 Å². The molecule has 0 saturated carbocycles. The fourth-order valence-electron chi connectivity index (χ4n) is 2.04. The van der Waals surface area contributed by atoms with E-state index >= 15 is 0 Å². The number of hydrogen-bond acceptors (Lipinski definition) is 2. The van der Waals surface area contributed by atoms with Gasteiger partial charge >= 0.3 is 0 Å². The normalized spacial score (nSPS) is 12.3. The topological polar surface area (TPSA) is 23.5 Å². The Bertz CT molecular complexity index is 584. The minimum Gasteiger partial charge on any atom is -0.389 e. The molecule has 0 amide bonds.